The first-order chi connectivity index (χ1) is 11.6. The van der Waals surface area contributed by atoms with E-state index in [-0.39, 0.29) is 0 Å². The molecular formula is C20H28N4. The summed E-state index contributed by atoms with van der Waals surface area (Å²) in [5.74, 6) is 0.877. The normalized spacial score (nSPS) is 18.4. The first-order valence-electron chi connectivity index (χ1n) is 8.88. The molecule has 0 spiro atoms. The quantitative estimate of drug-likeness (QED) is 0.817. The summed E-state index contributed by atoms with van der Waals surface area (Å²) in [6.07, 6.45) is 5.57. The van der Waals surface area contributed by atoms with Gasteiger partial charge < -0.3 is 4.90 Å². The third-order valence-electron chi connectivity index (χ3n) is 4.71. The molecule has 4 nitrogen and oxygen atoms in total. The fourth-order valence-electron chi connectivity index (χ4n) is 3.58. The molecule has 0 aliphatic carbocycles. The second kappa shape index (κ2) is 7.86. The Balaban J connectivity index is 1.76. The Labute approximate surface area is 145 Å². The van der Waals surface area contributed by atoms with Crippen LogP contribution in [0.1, 0.15) is 41.5 Å². The molecule has 4 heteroatoms. The van der Waals surface area contributed by atoms with Crippen molar-refractivity contribution in [1.82, 2.24) is 19.8 Å². The Morgan fingerprint density at radius 2 is 2.00 bits per heavy atom. The summed E-state index contributed by atoms with van der Waals surface area (Å²) in [7, 11) is 4.21. The van der Waals surface area contributed by atoms with E-state index in [0.717, 1.165) is 25.3 Å². The second-order valence-electron chi connectivity index (χ2n) is 7.00. The first-order valence-corrected chi connectivity index (χ1v) is 8.88. The van der Waals surface area contributed by atoms with E-state index in [4.69, 9.17) is 4.98 Å². The van der Waals surface area contributed by atoms with Crippen LogP contribution < -0.4 is 0 Å². The summed E-state index contributed by atoms with van der Waals surface area (Å²) in [6, 6.07) is 11.2. The summed E-state index contributed by atoms with van der Waals surface area (Å²) in [5.41, 5.74) is 3.92. The predicted molar refractivity (Wildman–Crippen MR) is 97.9 cm³/mol. The van der Waals surface area contributed by atoms with E-state index in [1.807, 2.05) is 13.1 Å². The van der Waals surface area contributed by atoms with Gasteiger partial charge in [0.2, 0.25) is 0 Å². The van der Waals surface area contributed by atoms with Gasteiger partial charge in [-0.15, -0.1) is 0 Å². The van der Waals surface area contributed by atoms with Gasteiger partial charge in [0.05, 0.1) is 11.7 Å². The van der Waals surface area contributed by atoms with Crippen molar-refractivity contribution in [3.8, 4) is 0 Å². The van der Waals surface area contributed by atoms with E-state index in [1.165, 1.54) is 36.2 Å². The van der Waals surface area contributed by atoms with Crippen molar-refractivity contribution in [2.24, 2.45) is 0 Å². The molecular weight excluding hydrogens is 296 g/mol. The molecule has 1 aromatic carbocycles. The van der Waals surface area contributed by atoms with Gasteiger partial charge in [-0.2, -0.15) is 0 Å². The lowest BCUT2D eigenvalue weighted by atomic mass is 10.0. The summed E-state index contributed by atoms with van der Waals surface area (Å²) in [4.78, 5) is 14.1. The van der Waals surface area contributed by atoms with Crippen molar-refractivity contribution in [2.75, 3.05) is 27.2 Å². The number of aryl methyl sites for hydroxylation is 1. The number of hydrogen-bond acceptors (Lipinski definition) is 4. The molecule has 128 valence electrons. The fraction of sp³-hybridized carbons (Fsp3) is 0.500. The Kier molecular flexibility index (Phi) is 5.59. The summed E-state index contributed by atoms with van der Waals surface area (Å²) in [5, 5.41) is 0. The van der Waals surface area contributed by atoms with Crippen molar-refractivity contribution in [3.05, 3.63) is 59.2 Å². The van der Waals surface area contributed by atoms with E-state index in [0.29, 0.717) is 6.04 Å². The lowest BCUT2D eigenvalue weighted by molar-refractivity contribution is 0.252. The minimum atomic E-state index is 0.436. The highest BCUT2D eigenvalue weighted by Crippen LogP contribution is 2.33. The van der Waals surface area contributed by atoms with Crippen LogP contribution in [0.4, 0.5) is 0 Å². The average molecular weight is 324 g/mol. The molecule has 1 saturated heterocycles. The molecule has 1 atom stereocenters. The van der Waals surface area contributed by atoms with Gasteiger partial charge in [0.1, 0.15) is 5.82 Å². The molecule has 0 amide bonds. The number of nitrogens with zero attached hydrogens (tertiary/aromatic N) is 4. The number of likely N-dealkylation sites (tertiary alicyclic amines) is 1. The van der Waals surface area contributed by atoms with Crippen molar-refractivity contribution in [3.63, 3.8) is 0 Å². The van der Waals surface area contributed by atoms with Crippen LogP contribution in [-0.4, -0.2) is 47.0 Å². The Morgan fingerprint density at radius 1 is 1.21 bits per heavy atom. The van der Waals surface area contributed by atoms with Crippen molar-refractivity contribution in [1.29, 1.82) is 0 Å². The van der Waals surface area contributed by atoms with Crippen molar-refractivity contribution >= 4 is 0 Å². The van der Waals surface area contributed by atoms with Gasteiger partial charge in [0.25, 0.3) is 0 Å². The van der Waals surface area contributed by atoms with Gasteiger partial charge in [-0.1, -0.05) is 30.3 Å². The zero-order chi connectivity index (χ0) is 16.9. The SMILES string of the molecule is Cc1ncc(CN(C)C)c(C2CCCN2CCc2ccccc2)n1. The third kappa shape index (κ3) is 4.19. The lowest BCUT2D eigenvalue weighted by Gasteiger charge is -2.26. The zero-order valence-corrected chi connectivity index (χ0v) is 15.1. The van der Waals surface area contributed by atoms with Crippen LogP contribution >= 0.6 is 0 Å². The van der Waals surface area contributed by atoms with Crippen LogP contribution in [-0.2, 0) is 13.0 Å². The van der Waals surface area contributed by atoms with Gasteiger partial charge >= 0.3 is 0 Å². The molecule has 1 aliphatic rings. The fourth-order valence-corrected chi connectivity index (χ4v) is 3.58. The van der Waals surface area contributed by atoms with Crippen molar-refractivity contribution < 1.29 is 0 Å². The molecule has 1 aliphatic heterocycles. The standard InChI is InChI=1S/C20H28N4/c1-16-21-14-18(15-23(2)3)20(22-16)19-10-7-12-24(19)13-11-17-8-5-4-6-9-17/h4-6,8-9,14,19H,7,10-13,15H2,1-3H3. The van der Waals surface area contributed by atoms with Gasteiger partial charge in [0.15, 0.2) is 0 Å². The zero-order valence-electron chi connectivity index (χ0n) is 15.1. The summed E-state index contributed by atoms with van der Waals surface area (Å²) in [6.45, 7) is 5.16. The van der Waals surface area contributed by atoms with Crippen molar-refractivity contribution in [2.45, 2.75) is 38.8 Å². The predicted octanol–water partition coefficient (Wildman–Crippen LogP) is 3.23. The summed E-state index contributed by atoms with van der Waals surface area (Å²) < 4.78 is 0. The first kappa shape index (κ1) is 17.1. The molecule has 2 heterocycles. The molecule has 24 heavy (non-hydrogen) atoms. The maximum absolute atomic E-state index is 4.83. The van der Waals surface area contributed by atoms with Gasteiger partial charge in [-0.3, -0.25) is 4.90 Å². The molecule has 2 aromatic rings. The van der Waals surface area contributed by atoms with Crippen LogP contribution in [0.25, 0.3) is 0 Å². The maximum Gasteiger partial charge on any atom is 0.125 e. The van der Waals surface area contributed by atoms with E-state index in [9.17, 15) is 0 Å². The number of rotatable bonds is 6. The van der Waals surface area contributed by atoms with Crippen LogP contribution in [0.15, 0.2) is 36.5 Å². The third-order valence-corrected chi connectivity index (χ3v) is 4.71. The molecule has 3 rings (SSSR count). The van der Waals surface area contributed by atoms with E-state index in [1.54, 1.807) is 0 Å². The topological polar surface area (TPSA) is 32.3 Å². The molecule has 0 bridgehead atoms. The molecule has 0 saturated carbocycles. The largest absolute Gasteiger partial charge is 0.305 e. The monoisotopic (exact) mass is 324 g/mol. The number of benzene rings is 1. The Hall–Kier alpha value is -1.78. The highest BCUT2D eigenvalue weighted by Gasteiger charge is 2.29. The highest BCUT2D eigenvalue weighted by molar-refractivity contribution is 5.22. The molecule has 1 fully saturated rings. The van der Waals surface area contributed by atoms with E-state index < -0.39 is 0 Å². The van der Waals surface area contributed by atoms with Crippen LogP contribution in [0.3, 0.4) is 0 Å². The minimum Gasteiger partial charge on any atom is -0.305 e. The van der Waals surface area contributed by atoms with Gasteiger partial charge in [0, 0.05) is 24.8 Å². The van der Waals surface area contributed by atoms with Crippen LogP contribution in [0.5, 0.6) is 0 Å². The smallest absolute Gasteiger partial charge is 0.125 e. The second-order valence-corrected chi connectivity index (χ2v) is 7.00. The Bertz CT molecular complexity index is 654. The van der Waals surface area contributed by atoms with Crippen LogP contribution in [0, 0.1) is 6.92 Å². The summed E-state index contributed by atoms with van der Waals surface area (Å²) >= 11 is 0. The van der Waals surface area contributed by atoms with E-state index >= 15 is 0 Å². The number of hydrogen-bond donors (Lipinski definition) is 0. The number of aromatic nitrogens is 2. The van der Waals surface area contributed by atoms with E-state index in [2.05, 4.69) is 59.2 Å². The lowest BCUT2D eigenvalue weighted by Crippen LogP contribution is -2.28. The average Bonchev–Trinajstić information content (AvgIpc) is 3.03. The van der Waals surface area contributed by atoms with Gasteiger partial charge in [-0.25, -0.2) is 9.97 Å². The van der Waals surface area contributed by atoms with Gasteiger partial charge in [-0.05, 0) is 52.4 Å². The molecule has 1 aromatic heterocycles. The maximum atomic E-state index is 4.83. The molecule has 1 unspecified atom stereocenters. The van der Waals surface area contributed by atoms with Crippen LogP contribution in [0.2, 0.25) is 0 Å². The molecule has 0 N–H and O–H groups in total. The molecule has 0 radical (unpaired) electrons. The highest BCUT2D eigenvalue weighted by atomic mass is 15.2. The minimum absolute atomic E-state index is 0.436. The Morgan fingerprint density at radius 3 is 2.75 bits per heavy atom.